The van der Waals surface area contributed by atoms with Gasteiger partial charge in [-0.25, -0.2) is 9.78 Å². The zero-order valence-electron chi connectivity index (χ0n) is 13.5. The summed E-state index contributed by atoms with van der Waals surface area (Å²) in [5, 5.41) is 10.5. The van der Waals surface area contributed by atoms with Crippen molar-refractivity contribution in [3.63, 3.8) is 0 Å². The molecule has 1 saturated heterocycles. The fraction of sp³-hybridized carbons (Fsp3) is 0.529. The molecule has 1 saturated carbocycles. The van der Waals surface area contributed by atoms with Crippen molar-refractivity contribution in [2.24, 2.45) is 5.92 Å². The van der Waals surface area contributed by atoms with Crippen LogP contribution in [-0.2, 0) is 14.4 Å². The molecule has 2 unspecified atom stereocenters. The lowest BCUT2D eigenvalue weighted by Crippen LogP contribution is -2.48. The first-order chi connectivity index (χ1) is 11.4. The van der Waals surface area contributed by atoms with E-state index in [-0.39, 0.29) is 35.8 Å². The first-order valence-electron chi connectivity index (χ1n) is 8.08. The smallest absolute Gasteiger partial charge is 0.326 e. The van der Waals surface area contributed by atoms with Crippen molar-refractivity contribution in [1.29, 1.82) is 0 Å². The second kappa shape index (κ2) is 6.55. The fourth-order valence-corrected chi connectivity index (χ4v) is 4.63. The highest BCUT2D eigenvalue weighted by Crippen LogP contribution is 2.52. The summed E-state index contributed by atoms with van der Waals surface area (Å²) < 4.78 is -0.374. The highest BCUT2D eigenvalue weighted by Gasteiger charge is 2.48. The van der Waals surface area contributed by atoms with E-state index >= 15 is 0 Å². The Bertz CT molecular complexity index is 646. The molecule has 128 valence electrons. The average Bonchev–Trinajstić information content (AvgIpc) is 3.34. The van der Waals surface area contributed by atoms with E-state index in [9.17, 15) is 19.5 Å². The van der Waals surface area contributed by atoms with E-state index in [4.69, 9.17) is 0 Å². The molecule has 2 heterocycles. The van der Waals surface area contributed by atoms with Crippen LogP contribution in [0.5, 0.6) is 0 Å². The first kappa shape index (κ1) is 17.0. The third kappa shape index (κ3) is 3.45. The number of carboxylic acid groups (broad SMARTS) is 1. The quantitative estimate of drug-likeness (QED) is 0.601. The van der Waals surface area contributed by atoms with Gasteiger partial charge in [-0.1, -0.05) is 17.8 Å². The van der Waals surface area contributed by atoms with Crippen LogP contribution in [-0.4, -0.2) is 43.6 Å². The highest BCUT2D eigenvalue weighted by molar-refractivity contribution is 8.00. The molecule has 2 atom stereocenters. The van der Waals surface area contributed by atoms with Crippen LogP contribution in [0.1, 0.15) is 39.0 Å². The Kier molecular flexibility index (Phi) is 4.62. The van der Waals surface area contributed by atoms with Crippen LogP contribution < -0.4 is 0 Å². The number of thioether (sulfide) groups is 1. The van der Waals surface area contributed by atoms with Crippen molar-refractivity contribution in [1.82, 2.24) is 9.88 Å². The Hall–Kier alpha value is -1.89. The van der Waals surface area contributed by atoms with Crippen LogP contribution >= 0.6 is 11.8 Å². The van der Waals surface area contributed by atoms with Gasteiger partial charge in [0.05, 0.1) is 5.03 Å². The van der Waals surface area contributed by atoms with Gasteiger partial charge in [0.1, 0.15) is 6.04 Å². The molecule has 2 fully saturated rings. The van der Waals surface area contributed by atoms with Crippen LogP contribution in [0.2, 0.25) is 0 Å². The molecule has 1 aliphatic carbocycles. The lowest BCUT2D eigenvalue weighted by molar-refractivity contribution is -0.154. The summed E-state index contributed by atoms with van der Waals surface area (Å²) in [4.78, 5) is 41.0. The van der Waals surface area contributed by atoms with E-state index in [0.29, 0.717) is 5.92 Å². The SMILES string of the molecule is CC(CC(C(=O)O)N1C(=O)CCC1=O)(Sc1ccccn1)C1CC1. The van der Waals surface area contributed by atoms with Crippen LogP contribution in [0, 0.1) is 5.92 Å². The normalized spacial score (nSPS) is 21.6. The zero-order valence-corrected chi connectivity index (χ0v) is 14.3. The molecule has 1 aromatic heterocycles. The summed E-state index contributed by atoms with van der Waals surface area (Å²) in [5.74, 6) is -1.51. The minimum Gasteiger partial charge on any atom is -0.480 e. The Morgan fingerprint density at radius 2 is 2.04 bits per heavy atom. The number of carbonyl (C=O) groups is 3. The third-order valence-corrected chi connectivity index (χ3v) is 6.12. The van der Waals surface area contributed by atoms with Gasteiger partial charge in [0.15, 0.2) is 0 Å². The maximum absolute atomic E-state index is 12.0. The summed E-state index contributed by atoms with van der Waals surface area (Å²) in [6.45, 7) is 2.02. The van der Waals surface area contributed by atoms with Crippen LogP contribution in [0.4, 0.5) is 0 Å². The molecule has 6 nitrogen and oxygen atoms in total. The van der Waals surface area contributed by atoms with Gasteiger partial charge in [-0.15, -0.1) is 0 Å². The molecule has 7 heteroatoms. The van der Waals surface area contributed by atoms with Gasteiger partial charge in [-0.3, -0.25) is 14.5 Å². The number of aliphatic carboxylic acids is 1. The molecule has 1 N–H and O–H groups in total. The van der Waals surface area contributed by atoms with Crippen molar-refractivity contribution < 1.29 is 19.5 Å². The topological polar surface area (TPSA) is 87.6 Å². The Balaban J connectivity index is 1.83. The molecule has 3 rings (SSSR count). The second-order valence-corrected chi connectivity index (χ2v) is 8.13. The largest absolute Gasteiger partial charge is 0.480 e. The summed E-state index contributed by atoms with van der Waals surface area (Å²) in [5.41, 5.74) is 0. The molecule has 0 spiro atoms. The number of imide groups is 1. The molecule has 1 aromatic rings. The van der Waals surface area contributed by atoms with Gasteiger partial charge in [0.2, 0.25) is 11.8 Å². The molecule has 0 radical (unpaired) electrons. The van der Waals surface area contributed by atoms with Gasteiger partial charge in [-0.2, -0.15) is 0 Å². The Morgan fingerprint density at radius 3 is 2.54 bits per heavy atom. The van der Waals surface area contributed by atoms with Crippen molar-refractivity contribution >= 4 is 29.5 Å². The number of hydrogen-bond donors (Lipinski definition) is 1. The number of pyridine rings is 1. The monoisotopic (exact) mass is 348 g/mol. The predicted molar refractivity (Wildman–Crippen MR) is 88.4 cm³/mol. The van der Waals surface area contributed by atoms with E-state index in [1.165, 1.54) is 0 Å². The summed E-state index contributed by atoms with van der Waals surface area (Å²) >= 11 is 1.54. The number of carbonyl (C=O) groups excluding carboxylic acids is 2. The van der Waals surface area contributed by atoms with E-state index < -0.39 is 12.0 Å². The second-order valence-electron chi connectivity index (χ2n) is 6.57. The minimum absolute atomic E-state index is 0.107. The van der Waals surface area contributed by atoms with E-state index in [1.54, 1.807) is 18.0 Å². The van der Waals surface area contributed by atoms with Crippen LogP contribution in [0.3, 0.4) is 0 Å². The molecular weight excluding hydrogens is 328 g/mol. The number of carboxylic acids is 1. The zero-order chi connectivity index (χ0) is 17.3. The van der Waals surface area contributed by atoms with Gasteiger partial charge in [-0.05, 0) is 44.2 Å². The van der Waals surface area contributed by atoms with Gasteiger partial charge in [0.25, 0.3) is 0 Å². The number of aromatic nitrogens is 1. The van der Waals surface area contributed by atoms with Gasteiger partial charge in [0, 0.05) is 23.8 Å². The lowest BCUT2D eigenvalue weighted by atomic mass is 9.95. The summed E-state index contributed by atoms with van der Waals surface area (Å²) in [7, 11) is 0. The Labute approximate surface area is 144 Å². The molecular formula is C17H20N2O4S. The molecule has 24 heavy (non-hydrogen) atoms. The van der Waals surface area contributed by atoms with E-state index in [2.05, 4.69) is 4.98 Å². The predicted octanol–water partition coefficient (Wildman–Crippen LogP) is 2.33. The van der Waals surface area contributed by atoms with Crippen molar-refractivity contribution in [3.05, 3.63) is 24.4 Å². The summed E-state index contributed by atoms with van der Waals surface area (Å²) in [6.07, 6.45) is 4.23. The van der Waals surface area contributed by atoms with Crippen molar-refractivity contribution in [2.75, 3.05) is 0 Å². The van der Waals surface area contributed by atoms with Gasteiger partial charge < -0.3 is 5.11 Å². The summed E-state index contributed by atoms with van der Waals surface area (Å²) in [6, 6.07) is 4.52. The standard InChI is InChI=1S/C17H20N2O4S/c1-17(11-5-6-11,24-13-4-2-3-9-18-13)10-12(16(22)23)19-14(20)7-8-15(19)21/h2-4,9,11-12H,5-8,10H2,1H3,(H,22,23). The molecule has 1 aliphatic heterocycles. The first-order valence-corrected chi connectivity index (χ1v) is 8.90. The highest BCUT2D eigenvalue weighted by atomic mass is 32.2. The molecule has 2 aliphatic rings. The van der Waals surface area contributed by atoms with Crippen LogP contribution in [0.15, 0.2) is 29.4 Å². The van der Waals surface area contributed by atoms with Crippen molar-refractivity contribution in [3.8, 4) is 0 Å². The number of amides is 2. The lowest BCUT2D eigenvalue weighted by Gasteiger charge is -2.34. The molecule has 0 aromatic carbocycles. The van der Waals surface area contributed by atoms with E-state index in [0.717, 1.165) is 22.8 Å². The Morgan fingerprint density at radius 1 is 1.38 bits per heavy atom. The van der Waals surface area contributed by atoms with Crippen molar-refractivity contribution in [2.45, 2.75) is 54.8 Å². The average molecular weight is 348 g/mol. The van der Waals surface area contributed by atoms with E-state index in [1.807, 2.05) is 25.1 Å². The fourth-order valence-electron chi connectivity index (χ4n) is 3.25. The number of hydrogen-bond acceptors (Lipinski definition) is 5. The molecule has 0 bridgehead atoms. The number of rotatable bonds is 7. The third-order valence-electron chi connectivity index (χ3n) is 4.70. The number of nitrogens with zero attached hydrogens (tertiary/aromatic N) is 2. The number of likely N-dealkylation sites (tertiary alicyclic amines) is 1. The minimum atomic E-state index is -1.12. The van der Waals surface area contributed by atoms with Crippen LogP contribution in [0.25, 0.3) is 0 Å². The van der Waals surface area contributed by atoms with Gasteiger partial charge >= 0.3 is 5.97 Å². The maximum atomic E-state index is 12.0. The molecule has 2 amide bonds. The maximum Gasteiger partial charge on any atom is 0.326 e.